The minimum absolute atomic E-state index is 1.04. The van der Waals surface area contributed by atoms with Crippen LogP contribution in [0.3, 0.4) is 0 Å². The SMILES string of the molecule is Brc1ccc2c(c1)Cc1cc(Br)cc(I)c1-2. The van der Waals surface area contributed by atoms with Gasteiger partial charge in [0.15, 0.2) is 0 Å². The second-order valence-corrected chi connectivity index (χ2v) is 6.89. The van der Waals surface area contributed by atoms with Gasteiger partial charge in [0.25, 0.3) is 0 Å². The van der Waals surface area contributed by atoms with E-state index in [1.807, 2.05) is 0 Å². The zero-order valence-corrected chi connectivity index (χ0v) is 13.6. The molecule has 1 aliphatic carbocycles. The lowest BCUT2D eigenvalue weighted by Crippen LogP contribution is -1.84. The lowest BCUT2D eigenvalue weighted by molar-refractivity contribution is 1.25. The van der Waals surface area contributed by atoms with Crippen LogP contribution < -0.4 is 0 Å². The molecule has 0 spiro atoms. The summed E-state index contributed by atoms with van der Waals surface area (Å²) in [5, 5.41) is 0. The second-order valence-electron chi connectivity index (χ2n) is 3.90. The van der Waals surface area contributed by atoms with Crippen LogP contribution >= 0.6 is 54.5 Å². The highest BCUT2D eigenvalue weighted by Gasteiger charge is 2.21. The summed E-state index contributed by atoms with van der Waals surface area (Å²) in [4.78, 5) is 0. The number of rotatable bonds is 0. The number of hydrogen-bond acceptors (Lipinski definition) is 0. The molecule has 2 aromatic carbocycles. The molecule has 16 heavy (non-hydrogen) atoms. The summed E-state index contributed by atoms with van der Waals surface area (Å²) in [6.07, 6.45) is 1.04. The Balaban J connectivity index is 2.29. The fourth-order valence-electron chi connectivity index (χ4n) is 2.23. The van der Waals surface area contributed by atoms with Gasteiger partial charge in [-0.3, -0.25) is 0 Å². The smallest absolute Gasteiger partial charge is 0.0223 e. The van der Waals surface area contributed by atoms with Gasteiger partial charge in [-0.05, 0) is 75.5 Å². The van der Waals surface area contributed by atoms with E-state index in [9.17, 15) is 0 Å². The van der Waals surface area contributed by atoms with Crippen molar-refractivity contribution in [2.24, 2.45) is 0 Å². The molecule has 0 saturated heterocycles. The van der Waals surface area contributed by atoms with Crippen LogP contribution in [0, 0.1) is 3.57 Å². The third-order valence-electron chi connectivity index (χ3n) is 2.85. The van der Waals surface area contributed by atoms with E-state index in [0.717, 1.165) is 10.9 Å². The van der Waals surface area contributed by atoms with E-state index >= 15 is 0 Å². The van der Waals surface area contributed by atoms with Gasteiger partial charge in [0.05, 0.1) is 0 Å². The van der Waals surface area contributed by atoms with E-state index in [0.29, 0.717) is 0 Å². The maximum absolute atomic E-state index is 3.56. The first-order valence-electron chi connectivity index (χ1n) is 4.92. The highest BCUT2D eigenvalue weighted by atomic mass is 127. The van der Waals surface area contributed by atoms with Crippen LogP contribution in [-0.4, -0.2) is 0 Å². The number of hydrogen-bond donors (Lipinski definition) is 0. The summed E-state index contributed by atoms with van der Waals surface area (Å²) in [5.41, 5.74) is 5.63. The van der Waals surface area contributed by atoms with Crippen LogP contribution in [0.4, 0.5) is 0 Å². The summed E-state index contributed by atoms with van der Waals surface area (Å²) in [6.45, 7) is 0. The lowest BCUT2D eigenvalue weighted by atomic mass is 10.1. The molecule has 0 unspecified atom stereocenters. The van der Waals surface area contributed by atoms with Crippen molar-refractivity contribution in [3.05, 3.63) is 54.0 Å². The Bertz CT molecular complexity index is 591. The fourth-order valence-corrected chi connectivity index (χ4v) is 4.54. The molecule has 0 aliphatic heterocycles. The van der Waals surface area contributed by atoms with Crippen LogP contribution in [0.5, 0.6) is 0 Å². The molecule has 3 rings (SSSR count). The van der Waals surface area contributed by atoms with Gasteiger partial charge >= 0.3 is 0 Å². The largest absolute Gasteiger partial charge is 0.0529 e. The fraction of sp³-hybridized carbons (Fsp3) is 0.0769. The Morgan fingerprint density at radius 1 is 0.938 bits per heavy atom. The molecule has 0 N–H and O–H groups in total. The van der Waals surface area contributed by atoms with Crippen LogP contribution in [-0.2, 0) is 6.42 Å². The van der Waals surface area contributed by atoms with Gasteiger partial charge < -0.3 is 0 Å². The van der Waals surface area contributed by atoms with Gasteiger partial charge in [0.2, 0.25) is 0 Å². The first kappa shape index (κ1) is 11.2. The Hall–Kier alpha value is 0.130. The summed E-state index contributed by atoms with van der Waals surface area (Å²) in [5.74, 6) is 0. The molecule has 80 valence electrons. The Morgan fingerprint density at radius 2 is 1.69 bits per heavy atom. The van der Waals surface area contributed by atoms with Crippen molar-refractivity contribution in [3.63, 3.8) is 0 Å². The first-order chi connectivity index (χ1) is 7.65. The van der Waals surface area contributed by atoms with E-state index < -0.39 is 0 Å². The molecule has 1 aliphatic rings. The van der Waals surface area contributed by atoms with Crippen LogP contribution in [0.15, 0.2) is 39.3 Å². The number of benzene rings is 2. The van der Waals surface area contributed by atoms with Crippen LogP contribution in [0.25, 0.3) is 11.1 Å². The third kappa shape index (κ3) is 1.77. The van der Waals surface area contributed by atoms with Gasteiger partial charge in [-0.15, -0.1) is 0 Å². The van der Waals surface area contributed by atoms with E-state index in [2.05, 4.69) is 84.8 Å². The molecule has 0 saturated carbocycles. The molecule has 0 amide bonds. The number of halogens is 3. The van der Waals surface area contributed by atoms with E-state index in [1.165, 1.54) is 30.3 Å². The topological polar surface area (TPSA) is 0 Å². The first-order valence-corrected chi connectivity index (χ1v) is 7.58. The monoisotopic (exact) mass is 448 g/mol. The standard InChI is InChI=1S/C13H7Br2I/c14-9-1-2-11-7(4-9)3-8-5-10(15)6-12(16)13(8)11/h1-2,4-6H,3H2. The van der Waals surface area contributed by atoms with Gasteiger partial charge in [0, 0.05) is 12.5 Å². The Kier molecular flexibility index (Phi) is 2.88. The van der Waals surface area contributed by atoms with Crippen molar-refractivity contribution in [2.45, 2.75) is 6.42 Å². The van der Waals surface area contributed by atoms with Crippen molar-refractivity contribution < 1.29 is 0 Å². The second kappa shape index (κ2) is 4.10. The maximum Gasteiger partial charge on any atom is 0.0223 e. The van der Waals surface area contributed by atoms with Gasteiger partial charge in [-0.2, -0.15) is 0 Å². The summed E-state index contributed by atoms with van der Waals surface area (Å²) < 4.78 is 3.65. The summed E-state index contributed by atoms with van der Waals surface area (Å²) in [7, 11) is 0. The Labute approximate surface area is 125 Å². The van der Waals surface area contributed by atoms with E-state index in [-0.39, 0.29) is 0 Å². The predicted octanol–water partition coefficient (Wildman–Crippen LogP) is 5.39. The molecular formula is C13H7Br2I. The van der Waals surface area contributed by atoms with Crippen molar-refractivity contribution in [3.8, 4) is 11.1 Å². The van der Waals surface area contributed by atoms with Crippen molar-refractivity contribution in [1.82, 2.24) is 0 Å². The van der Waals surface area contributed by atoms with Crippen LogP contribution in [0.1, 0.15) is 11.1 Å². The minimum atomic E-state index is 1.04. The lowest BCUT2D eigenvalue weighted by Gasteiger charge is -2.05. The van der Waals surface area contributed by atoms with Crippen molar-refractivity contribution in [2.75, 3.05) is 0 Å². The van der Waals surface area contributed by atoms with E-state index in [1.54, 1.807) is 0 Å². The van der Waals surface area contributed by atoms with Crippen molar-refractivity contribution >= 4 is 54.5 Å². The zero-order valence-electron chi connectivity index (χ0n) is 8.23. The minimum Gasteiger partial charge on any atom is -0.0529 e. The third-order valence-corrected chi connectivity index (χ3v) is 4.66. The maximum atomic E-state index is 3.56. The summed E-state index contributed by atoms with van der Waals surface area (Å²) in [6, 6.07) is 11.0. The molecule has 0 aromatic heterocycles. The van der Waals surface area contributed by atoms with Gasteiger partial charge in [-0.1, -0.05) is 37.9 Å². The predicted molar refractivity (Wildman–Crippen MR) is 82.8 cm³/mol. The highest BCUT2D eigenvalue weighted by Crippen LogP contribution is 2.41. The molecule has 0 bridgehead atoms. The molecule has 0 nitrogen and oxygen atoms in total. The van der Waals surface area contributed by atoms with Gasteiger partial charge in [0.1, 0.15) is 0 Å². The van der Waals surface area contributed by atoms with Crippen LogP contribution in [0.2, 0.25) is 0 Å². The molecule has 0 atom stereocenters. The zero-order chi connectivity index (χ0) is 11.3. The molecular weight excluding hydrogens is 443 g/mol. The molecule has 0 heterocycles. The van der Waals surface area contributed by atoms with E-state index in [4.69, 9.17) is 0 Å². The molecule has 2 aromatic rings. The van der Waals surface area contributed by atoms with Crippen molar-refractivity contribution in [1.29, 1.82) is 0 Å². The summed E-state index contributed by atoms with van der Waals surface area (Å²) >= 11 is 9.51. The normalized spacial score (nSPS) is 12.4. The highest BCUT2D eigenvalue weighted by molar-refractivity contribution is 14.1. The Morgan fingerprint density at radius 3 is 2.50 bits per heavy atom. The average molecular weight is 450 g/mol. The molecule has 3 heteroatoms. The average Bonchev–Trinajstić information content (AvgIpc) is 2.54. The number of fused-ring (bicyclic) bond motifs is 3. The molecule has 0 radical (unpaired) electrons. The van der Waals surface area contributed by atoms with Gasteiger partial charge in [-0.25, -0.2) is 0 Å². The quantitative estimate of drug-likeness (QED) is 0.404. The molecule has 0 fully saturated rings.